The predicted molar refractivity (Wildman–Crippen MR) is 131 cm³/mol. The molecule has 0 unspecified atom stereocenters. The van der Waals surface area contributed by atoms with Crippen LogP contribution in [-0.4, -0.2) is 35.2 Å². The summed E-state index contributed by atoms with van der Waals surface area (Å²) in [5.74, 6) is -0.646. The minimum absolute atomic E-state index is 0.129. The summed E-state index contributed by atoms with van der Waals surface area (Å²) in [6.07, 6.45) is 7.13. The molecule has 1 aliphatic carbocycles. The van der Waals surface area contributed by atoms with E-state index in [1.807, 2.05) is 24.3 Å². The third-order valence-corrected chi connectivity index (χ3v) is 6.67. The summed E-state index contributed by atoms with van der Waals surface area (Å²) in [6.45, 7) is 0.360. The highest BCUT2D eigenvalue weighted by Gasteiger charge is 2.32. The van der Waals surface area contributed by atoms with Gasteiger partial charge in [0, 0.05) is 22.6 Å². The number of amides is 2. The lowest BCUT2D eigenvalue weighted by Crippen LogP contribution is -2.47. The molecule has 1 atom stereocenters. The third-order valence-electron chi connectivity index (χ3n) is 5.94. The molecule has 3 rings (SSSR count). The minimum Gasteiger partial charge on any atom is -0.351 e. The van der Waals surface area contributed by atoms with Gasteiger partial charge >= 0.3 is 0 Å². The zero-order valence-corrected chi connectivity index (χ0v) is 20.3. The van der Waals surface area contributed by atoms with Gasteiger partial charge in [0.05, 0.1) is 0 Å². The van der Waals surface area contributed by atoms with Crippen LogP contribution in [0.4, 0.5) is 0 Å². The number of hydrogen-bond acceptors (Lipinski definition) is 2. The van der Waals surface area contributed by atoms with Gasteiger partial charge < -0.3 is 10.2 Å². The quantitative estimate of drug-likeness (QED) is 0.351. The lowest BCUT2D eigenvalue weighted by atomic mass is 10.0. The van der Waals surface area contributed by atoms with E-state index in [-0.39, 0.29) is 23.7 Å². The summed E-state index contributed by atoms with van der Waals surface area (Å²) in [6, 6.07) is 13.9. The number of nitrogens with one attached hydrogen (secondary N) is 1. The molecule has 0 aliphatic heterocycles. The lowest BCUT2D eigenvalue weighted by molar-refractivity contribution is -0.139. The summed E-state index contributed by atoms with van der Waals surface area (Å²) in [7, 11) is 0. The molecule has 2 amide bonds. The molecule has 1 fully saturated rings. The van der Waals surface area contributed by atoms with Gasteiger partial charge in [0.15, 0.2) is 0 Å². The average Bonchev–Trinajstić information content (AvgIpc) is 3.06. The Balaban J connectivity index is 1.85. The van der Waals surface area contributed by atoms with Crippen LogP contribution in [0.3, 0.4) is 0 Å². The Morgan fingerprint density at radius 3 is 2.03 bits per heavy atom. The van der Waals surface area contributed by atoms with Crippen molar-refractivity contribution in [2.24, 2.45) is 0 Å². The normalized spacial score (nSPS) is 15.6. The first kappa shape index (κ1) is 24.9. The zero-order valence-electron chi connectivity index (χ0n) is 18.0. The largest absolute Gasteiger partial charge is 0.351 e. The molecule has 1 aliphatic rings. The molecule has 0 bridgehead atoms. The van der Waals surface area contributed by atoms with Gasteiger partial charge in [-0.2, -0.15) is 0 Å². The van der Waals surface area contributed by atoms with Gasteiger partial charge in [0.1, 0.15) is 11.9 Å². The van der Waals surface area contributed by atoms with Gasteiger partial charge in [0.2, 0.25) is 11.8 Å². The van der Waals surface area contributed by atoms with Crippen LogP contribution in [0.2, 0.25) is 10.0 Å². The van der Waals surface area contributed by atoms with Crippen molar-refractivity contribution in [2.75, 3.05) is 12.4 Å². The van der Waals surface area contributed by atoms with Crippen molar-refractivity contribution in [3.05, 3.63) is 69.7 Å². The van der Waals surface area contributed by atoms with Crippen LogP contribution in [0.25, 0.3) is 0 Å². The molecule has 7 heteroatoms. The maximum absolute atomic E-state index is 13.5. The molecule has 1 N–H and O–H groups in total. The summed E-state index contributed by atoms with van der Waals surface area (Å²) in [4.78, 5) is 28.0. The van der Waals surface area contributed by atoms with Gasteiger partial charge in [-0.05, 0) is 54.7 Å². The number of nitrogens with zero attached hydrogens (tertiary/aromatic N) is 1. The molecule has 0 saturated heterocycles. The molecule has 172 valence electrons. The number of halogens is 3. The second kappa shape index (κ2) is 12.5. The zero-order chi connectivity index (χ0) is 22.9. The van der Waals surface area contributed by atoms with Gasteiger partial charge in [-0.15, -0.1) is 11.6 Å². The summed E-state index contributed by atoms with van der Waals surface area (Å²) < 4.78 is 0. The van der Waals surface area contributed by atoms with Crippen molar-refractivity contribution in [3.63, 3.8) is 0 Å². The predicted octanol–water partition coefficient (Wildman–Crippen LogP) is 6.18. The second-order valence-corrected chi connectivity index (χ2v) is 9.39. The first-order chi connectivity index (χ1) is 15.5. The smallest absolute Gasteiger partial charge is 0.247 e. The van der Waals surface area contributed by atoms with Crippen molar-refractivity contribution in [1.82, 2.24) is 10.2 Å². The van der Waals surface area contributed by atoms with Crippen LogP contribution in [0, 0.1) is 0 Å². The lowest BCUT2D eigenvalue weighted by Gasteiger charge is -2.32. The Hall–Kier alpha value is -1.75. The number of rotatable bonds is 8. The highest BCUT2D eigenvalue weighted by atomic mass is 35.5. The average molecular weight is 496 g/mol. The number of hydrogen-bond donors (Lipinski definition) is 1. The minimum atomic E-state index is -0.769. The molecule has 32 heavy (non-hydrogen) atoms. The van der Waals surface area contributed by atoms with Crippen LogP contribution in [0.15, 0.2) is 48.5 Å². The van der Waals surface area contributed by atoms with E-state index < -0.39 is 6.04 Å². The number of carbonyl (C=O) groups is 2. The summed E-state index contributed by atoms with van der Waals surface area (Å²) >= 11 is 18.0. The van der Waals surface area contributed by atoms with E-state index in [0.717, 1.165) is 36.8 Å². The van der Waals surface area contributed by atoms with Crippen molar-refractivity contribution >= 4 is 46.6 Å². The van der Waals surface area contributed by atoms with E-state index in [0.29, 0.717) is 23.0 Å². The Kier molecular flexibility index (Phi) is 9.70. The molecule has 0 spiro atoms. The molecular formula is C25H29Cl3N2O2. The Bertz CT molecular complexity index is 879. The van der Waals surface area contributed by atoms with Gasteiger partial charge in [-0.3, -0.25) is 9.59 Å². The van der Waals surface area contributed by atoms with Crippen LogP contribution in [0.1, 0.15) is 55.7 Å². The van der Waals surface area contributed by atoms with E-state index in [4.69, 9.17) is 34.8 Å². The topological polar surface area (TPSA) is 49.4 Å². The van der Waals surface area contributed by atoms with Crippen LogP contribution in [-0.2, 0) is 16.0 Å². The summed E-state index contributed by atoms with van der Waals surface area (Å²) in [5, 5.41) is 4.44. The monoisotopic (exact) mass is 494 g/mol. The first-order valence-corrected chi connectivity index (χ1v) is 12.4. The van der Waals surface area contributed by atoms with Crippen LogP contribution in [0.5, 0.6) is 0 Å². The van der Waals surface area contributed by atoms with E-state index >= 15 is 0 Å². The maximum atomic E-state index is 13.5. The third kappa shape index (κ3) is 7.13. The van der Waals surface area contributed by atoms with Gasteiger partial charge in [-0.1, -0.05) is 73.2 Å². The van der Waals surface area contributed by atoms with Crippen LogP contribution >= 0.6 is 34.8 Å². The first-order valence-electron chi connectivity index (χ1n) is 11.1. The SMILES string of the molecule is O=C(NC1CCCCCC1)[C@@H](c1ccc(Cl)cc1)N(CCc1ccc(Cl)cc1)C(=O)CCl. The van der Waals surface area contributed by atoms with Gasteiger partial charge in [-0.25, -0.2) is 0 Å². The standard InChI is InChI=1S/C25H29Cl3N2O2/c26-17-23(31)30(16-15-18-7-11-20(27)12-8-18)24(19-9-13-21(28)14-10-19)25(32)29-22-5-3-1-2-4-6-22/h7-14,22,24H,1-6,15-17H2,(H,29,32)/t24-/m1/s1. The Morgan fingerprint density at radius 1 is 0.906 bits per heavy atom. The fourth-order valence-electron chi connectivity index (χ4n) is 4.20. The number of alkyl halides is 1. The molecule has 0 aromatic heterocycles. The fraction of sp³-hybridized carbons (Fsp3) is 0.440. The maximum Gasteiger partial charge on any atom is 0.247 e. The Morgan fingerprint density at radius 2 is 1.47 bits per heavy atom. The van der Waals surface area contributed by atoms with E-state index in [1.165, 1.54) is 12.8 Å². The number of carbonyl (C=O) groups excluding carboxylic acids is 2. The molecule has 2 aromatic rings. The highest BCUT2D eigenvalue weighted by Crippen LogP contribution is 2.26. The van der Waals surface area contributed by atoms with Crippen LogP contribution < -0.4 is 5.32 Å². The second-order valence-electron chi connectivity index (χ2n) is 8.25. The van der Waals surface area contributed by atoms with E-state index in [2.05, 4.69) is 5.32 Å². The van der Waals surface area contributed by atoms with Crippen molar-refractivity contribution in [3.8, 4) is 0 Å². The molecule has 0 radical (unpaired) electrons. The van der Waals surface area contributed by atoms with Crippen molar-refractivity contribution < 1.29 is 9.59 Å². The van der Waals surface area contributed by atoms with E-state index in [1.54, 1.807) is 29.2 Å². The van der Waals surface area contributed by atoms with Crippen molar-refractivity contribution in [1.29, 1.82) is 0 Å². The fourth-order valence-corrected chi connectivity index (χ4v) is 4.60. The Labute approximate surface area is 205 Å². The molecule has 1 saturated carbocycles. The molecule has 4 nitrogen and oxygen atoms in total. The number of benzene rings is 2. The molecular weight excluding hydrogens is 467 g/mol. The molecule has 0 heterocycles. The highest BCUT2D eigenvalue weighted by molar-refractivity contribution is 6.30. The van der Waals surface area contributed by atoms with E-state index in [9.17, 15) is 9.59 Å². The van der Waals surface area contributed by atoms with Gasteiger partial charge in [0.25, 0.3) is 0 Å². The summed E-state index contributed by atoms with van der Waals surface area (Å²) in [5.41, 5.74) is 1.75. The van der Waals surface area contributed by atoms with Crippen molar-refractivity contribution in [2.45, 2.75) is 57.0 Å². The molecule has 2 aromatic carbocycles.